The third-order valence-electron chi connectivity index (χ3n) is 1.90. The standard InChI is InChI=1S/C11H7ClF3NO2S/c1-2-18-10(17)9-6(5-16)3-7(4-8(9)12)19-11(13,14)15/h3-4H,2H2,1H3. The molecule has 8 heteroatoms. The van der Waals surface area contributed by atoms with Gasteiger partial charge in [-0.3, -0.25) is 0 Å². The largest absolute Gasteiger partial charge is 0.462 e. The van der Waals surface area contributed by atoms with E-state index < -0.39 is 23.2 Å². The van der Waals surface area contributed by atoms with Crippen molar-refractivity contribution >= 4 is 29.3 Å². The summed E-state index contributed by atoms with van der Waals surface area (Å²) in [4.78, 5) is 11.3. The van der Waals surface area contributed by atoms with Crippen LogP contribution in [0.4, 0.5) is 13.2 Å². The van der Waals surface area contributed by atoms with Crippen LogP contribution in [-0.2, 0) is 4.74 Å². The summed E-state index contributed by atoms with van der Waals surface area (Å²) in [5.41, 5.74) is -4.98. The van der Waals surface area contributed by atoms with Crippen LogP contribution in [0.3, 0.4) is 0 Å². The first-order chi connectivity index (χ1) is 8.78. The second-order valence-corrected chi connectivity index (χ2v) is 4.75. The molecule has 0 unspecified atom stereocenters. The fourth-order valence-electron chi connectivity index (χ4n) is 1.27. The summed E-state index contributed by atoms with van der Waals surface area (Å²) in [6, 6.07) is 3.57. The minimum Gasteiger partial charge on any atom is -0.462 e. The Hall–Kier alpha value is -1.39. The number of carbonyl (C=O) groups excluding carboxylic acids is 1. The maximum Gasteiger partial charge on any atom is 0.446 e. The lowest BCUT2D eigenvalue weighted by molar-refractivity contribution is -0.0328. The number of hydrogen-bond acceptors (Lipinski definition) is 4. The second-order valence-electron chi connectivity index (χ2n) is 3.21. The third-order valence-corrected chi connectivity index (χ3v) is 2.90. The highest BCUT2D eigenvalue weighted by atomic mass is 35.5. The molecule has 0 fully saturated rings. The van der Waals surface area contributed by atoms with E-state index in [1.807, 2.05) is 0 Å². The summed E-state index contributed by atoms with van der Waals surface area (Å²) in [7, 11) is 0. The second kappa shape index (κ2) is 6.17. The van der Waals surface area contributed by atoms with Gasteiger partial charge in [-0.15, -0.1) is 0 Å². The van der Waals surface area contributed by atoms with Gasteiger partial charge >= 0.3 is 11.5 Å². The van der Waals surface area contributed by atoms with Crippen molar-refractivity contribution in [2.45, 2.75) is 17.3 Å². The van der Waals surface area contributed by atoms with Gasteiger partial charge < -0.3 is 4.74 Å². The maximum atomic E-state index is 12.2. The van der Waals surface area contributed by atoms with E-state index in [4.69, 9.17) is 16.9 Å². The quantitative estimate of drug-likeness (QED) is 0.625. The van der Waals surface area contributed by atoms with E-state index in [1.54, 1.807) is 13.0 Å². The van der Waals surface area contributed by atoms with Crippen LogP contribution < -0.4 is 0 Å². The Morgan fingerprint density at radius 3 is 2.63 bits per heavy atom. The van der Waals surface area contributed by atoms with Crippen LogP contribution in [0.15, 0.2) is 17.0 Å². The van der Waals surface area contributed by atoms with Crippen molar-refractivity contribution in [3.8, 4) is 6.07 Å². The molecule has 0 amide bonds. The number of ether oxygens (including phenoxy) is 1. The molecule has 0 aromatic heterocycles. The molecule has 0 spiro atoms. The molecule has 0 saturated heterocycles. The van der Waals surface area contributed by atoms with Gasteiger partial charge in [-0.2, -0.15) is 18.4 Å². The van der Waals surface area contributed by atoms with E-state index >= 15 is 0 Å². The first kappa shape index (κ1) is 15.7. The molecule has 0 aliphatic rings. The van der Waals surface area contributed by atoms with Crippen molar-refractivity contribution < 1.29 is 22.7 Å². The van der Waals surface area contributed by atoms with Crippen LogP contribution in [0.25, 0.3) is 0 Å². The molecule has 19 heavy (non-hydrogen) atoms. The molecule has 1 rings (SSSR count). The van der Waals surface area contributed by atoms with E-state index in [0.29, 0.717) is 0 Å². The molecular weight excluding hydrogens is 303 g/mol. The van der Waals surface area contributed by atoms with E-state index in [0.717, 1.165) is 12.1 Å². The average Bonchev–Trinajstić information content (AvgIpc) is 2.25. The lowest BCUT2D eigenvalue weighted by Crippen LogP contribution is -2.08. The van der Waals surface area contributed by atoms with Gasteiger partial charge in [0.05, 0.1) is 22.8 Å². The molecule has 0 radical (unpaired) electrons. The van der Waals surface area contributed by atoms with E-state index in [9.17, 15) is 18.0 Å². The van der Waals surface area contributed by atoms with Crippen LogP contribution in [0.2, 0.25) is 5.02 Å². The number of benzene rings is 1. The molecule has 3 nitrogen and oxygen atoms in total. The molecule has 1 aromatic carbocycles. The van der Waals surface area contributed by atoms with Crippen LogP contribution in [-0.4, -0.2) is 18.1 Å². The number of hydrogen-bond donors (Lipinski definition) is 0. The van der Waals surface area contributed by atoms with Gasteiger partial charge in [0.25, 0.3) is 0 Å². The molecule has 0 saturated carbocycles. The Labute approximate surface area is 116 Å². The Bertz CT molecular complexity index is 540. The van der Waals surface area contributed by atoms with Crippen LogP contribution >= 0.6 is 23.4 Å². The monoisotopic (exact) mass is 309 g/mol. The van der Waals surface area contributed by atoms with Crippen molar-refractivity contribution in [1.29, 1.82) is 5.26 Å². The Morgan fingerprint density at radius 2 is 2.16 bits per heavy atom. The fraction of sp³-hybridized carbons (Fsp3) is 0.273. The van der Waals surface area contributed by atoms with Gasteiger partial charge in [0, 0.05) is 4.90 Å². The molecule has 0 N–H and O–H groups in total. The summed E-state index contributed by atoms with van der Waals surface area (Å²) in [5, 5.41) is 8.63. The minimum absolute atomic E-state index is 0.0685. The molecule has 102 valence electrons. The maximum absolute atomic E-state index is 12.2. The zero-order valence-electron chi connectivity index (χ0n) is 9.55. The molecule has 0 aliphatic heterocycles. The highest BCUT2D eigenvalue weighted by molar-refractivity contribution is 8.00. The number of carbonyl (C=O) groups is 1. The number of thioether (sulfide) groups is 1. The predicted molar refractivity (Wildman–Crippen MR) is 64.0 cm³/mol. The lowest BCUT2D eigenvalue weighted by atomic mass is 10.1. The third kappa shape index (κ3) is 4.33. The molecule has 1 aromatic rings. The first-order valence-electron chi connectivity index (χ1n) is 4.95. The number of rotatable bonds is 3. The highest BCUT2D eigenvalue weighted by Crippen LogP contribution is 2.39. The SMILES string of the molecule is CCOC(=O)c1c(Cl)cc(SC(F)(F)F)cc1C#N. The minimum atomic E-state index is -4.50. The van der Waals surface area contributed by atoms with Crippen LogP contribution in [0, 0.1) is 11.3 Å². The van der Waals surface area contributed by atoms with E-state index in [2.05, 4.69) is 4.74 Å². The van der Waals surface area contributed by atoms with Gasteiger partial charge in [0.2, 0.25) is 0 Å². The molecule has 0 bridgehead atoms. The van der Waals surface area contributed by atoms with Crippen molar-refractivity contribution in [2.24, 2.45) is 0 Å². The summed E-state index contributed by atoms with van der Waals surface area (Å²) < 4.78 is 41.4. The van der Waals surface area contributed by atoms with Crippen LogP contribution in [0.5, 0.6) is 0 Å². The number of esters is 1. The first-order valence-corrected chi connectivity index (χ1v) is 6.14. The Morgan fingerprint density at radius 1 is 1.53 bits per heavy atom. The van der Waals surface area contributed by atoms with Gasteiger partial charge in [-0.05, 0) is 30.8 Å². The van der Waals surface area contributed by atoms with Crippen molar-refractivity contribution in [3.05, 3.63) is 28.3 Å². The predicted octanol–water partition coefficient (Wildman–Crippen LogP) is 4.00. The van der Waals surface area contributed by atoms with Gasteiger partial charge in [-0.1, -0.05) is 11.6 Å². The molecule has 0 heterocycles. The smallest absolute Gasteiger partial charge is 0.446 e. The zero-order valence-corrected chi connectivity index (χ0v) is 11.1. The van der Waals surface area contributed by atoms with Crippen molar-refractivity contribution in [2.75, 3.05) is 6.61 Å². The number of nitrogens with zero attached hydrogens (tertiary/aromatic N) is 1. The number of nitriles is 1. The molecular formula is C11H7ClF3NO2S. The number of alkyl halides is 3. The molecule has 0 atom stereocenters. The van der Waals surface area contributed by atoms with Crippen molar-refractivity contribution in [3.63, 3.8) is 0 Å². The van der Waals surface area contributed by atoms with Crippen molar-refractivity contribution in [1.82, 2.24) is 0 Å². The summed E-state index contributed by atoms with van der Waals surface area (Å²) in [6.45, 7) is 1.63. The van der Waals surface area contributed by atoms with Crippen LogP contribution in [0.1, 0.15) is 22.8 Å². The Balaban J connectivity index is 3.23. The topological polar surface area (TPSA) is 50.1 Å². The van der Waals surface area contributed by atoms with Gasteiger partial charge in [0.15, 0.2) is 0 Å². The normalized spacial score (nSPS) is 10.9. The van der Waals surface area contributed by atoms with Gasteiger partial charge in [0.1, 0.15) is 6.07 Å². The molecule has 0 aliphatic carbocycles. The lowest BCUT2D eigenvalue weighted by Gasteiger charge is -2.10. The number of halogens is 4. The zero-order chi connectivity index (χ0) is 14.6. The highest BCUT2D eigenvalue weighted by Gasteiger charge is 2.30. The van der Waals surface area contributed by atoms with E-state index in [-0.39, 0.29) is 27.7 Å². The van der Waals surface area contributed by atoms with E-state index in [1.165, 1.54) is 0 Å². The summed E-state index contributed by atoms with van der Waals surface area (Å²) >= 11 is 5.33. The summed E-state index contributed by atoms with van der Waals surface area (Å²) in [5.74, 6) is -0.840. The average molecular weight is 310 g/mol. The summed E-state index contributed by atoms with van der Waals surface area (Å²) in [6.07, 6.45) is 0. The Kier molecular flexibility index (Phi) is 5.09. The fourth-order valence-corrected chi connectivity index (χ4v) is 2.26. The van der Waals surface area contributed by atoms with Gasteiger partial charge in [-0.25, -0.2) is 4.79 Å².